The van der Waals surface area contributed by atoms with Gasteiger partial charge in [0.15, 0.2) is 8.32 Å². The molecule has 0 amide bonds. The first-order valence-electron chi connectivity index (χ1n) is 7.49. The first kappa shape index (κ1) is 18.7. The van der Waals surface area contributed by atoms with Gasteiger partial charge in [0.05, 0.1) is 6.61 Å². The van der Waals surface area contributed by atoms with Crippen molar-refractivity contribution in [3.63, 3.8) is 0 Å². The van der Waals surface area contributed by atoms with Crippen LogP contribution in [0.5, 0.6) is 0 Å². The lowest BCUT2D eigenvalue weighted by Gasteiger charge is -2.36. The summed E-state index contributed by atoms with van der Waals surface area (Å²) in [6.07, 6.45) is 5.81. The molecule has 0 aliphatic heterocycles. The van der Waals surface area contributed by atoms with Gasteiger partial charge in [-0.15, -0.1) is 0 Å². The third-order valence-corrected chi connectivity index (χ3v) is 8.61. The van der Waals surface area contributed by atoms with Gasteiger partial charge in [-0.2, -0.15) is 0 Å². The summed E-state index contributed by atoms with van der Waals surface area (Å²) in [6.45, 7) is 21.1. The van der Waals surface area contributed by atoms with Crippen LogP contribution in [0.4, 0.5) is 0 Å². The lowest BCUT2D eigenvalue weighted by molar-refractivity contribution is 0.318. The van der Waals surface area contributed by atoms with Crippen LogP contribution < -0.4 is 0 Å². The predicted octanol–water partition coefficient (Wildman–Crippen LogP) is 5.95. The van der Waals surface area contributed by atoms with Gasteiger partial charge in [0.25, 0.3) is 0 Å². The van der Waals surface area contributed by atoms with Gasteiger partial charge >= 0.3 is 0 Å². The Hall–Kier alpha value is -0.343. The second-order valence-electron chi connectivity index (χ2n) is 7.34. The highest BCUT2D eigenvalue weighted by molar-refractivity contribution is 6.74. The molecule has 0 spiro atoms. The van der Waals surface area contributed by atoms with E-state index in [1.165, 1.54) is 17.6 Å². The van der Waals surface area contributed by atoms with E-state index in [1.54, 1.807) is 0 Å². The Labute approximate surface area is 122 Å². The molecule has 0 aromatic heterocycles. The van der Waals surface area contributed by atoms with Crippen LogP contribution in [0.1, 0.15) is 54.9 Å². The molecule has 0 aliphatic rings. The maximum Gasteiger partial charge on any atom is 0.192 e. The molecular weight excluding hydrogens is 248 g/mol. The van der Waals surface area contributed by atoms with Gasteiger partial charge < -0.3 is 4.43 Å². The smallest absolute Gasteiger partial charge is 0.192 e. The van der Waals surface area contributed by atoms with Crippen molar-refractivity contribution in [2.24, 2.45) is 5.92 Å². The number of rotatable bonds is 6. The summed E-state index contributed by atoms with van der Waals surface area (Å²) in [5.74, 6) is 0.658. The van der Waals surface area contributed by atoms with E-state index in [9.17, 15) is 0 Å². The molecule has 0 heterocycles. The van der Waals surface area contributed by atoms with Crippen molar-refractivity contribution in [1.82, 2.24) is 0 Å². The molecule has 112 valence electrons. The highest BCUT2D eigenvalue weighted by atomic mass is 28.4. The SMILES string of the molecule is CCC(C)/C=C(C)\C=C(/C)CO[Si](C)(C)C(C)(C)C. The zero-order chi connectivity index (χ0) is 15.3. The second kappa shape index (κ2) is 7.44. The van der Waals surface area contributed by atoms with E-state index in [0.717, 1.165) is 6.61 Å². The molecule has 19 heavy (non-hydrogen) atoms. The van der Waals surface area contributed by atoms with Crippen molar-refractivity contribution in [2.75, 3.05) is 6.61 Å². The van der Waals surface area contributed by atoms with Gasteiger partial charge in [0.1, 0.15) is 0 Å². The summed E-state index contributed by atoms with van der Waals surface area (Å²) in [6, 6.07) is 0. The van der Waals surface area contributed by atoms with E-state index < -0.39 is 8.32 Å². The minimum atomic E-state index is -1.62. The number of hydrogen-bond acceptors (Lipinski definition) is 1. The summed E-state index contributed by atoms with van der Waals surface area (Å²) in [7, 11) is -1.62. The molecule has 0 saturated heterocycles. The van der Waals surface area contributed by atoms with Crippen LogP contribution >= 0.6 is 0 Å². The third-order valence-electron chi connectivity index (χ3n) is 4.13. The fourth-order valence-electron chi connectivity index (χ4n) is 1.56. The van der Waals surface area contributed by atoms with E-state index in [2.05, 4.69) is 73.7 Å². The van der Waals surface area contributed by atoms with Crippen molar-refractivity contribution in [3.8, 4) is 0 Å². The van der Waals surface area contributed by atoms with Crippen LogP contribution in [0.2, 0.25) is 18.1 Å². The lowest BCUT2D eigenvalue weighted by Crippen LogP contribution is -2.41. The van der Waals surface area contributed by atoms with Gasteiger partial charge in [-0.3, -0.25) is 0 Å². The maximum atomic E-state index is 6.23. The Balaban J connectivity index is 4.55. The largest absolute Gasteiger partial charge is 0.413 e. The summed E-state index contributed by atoms with van der Waals surface area (Å²) in [5.41, 5.74) is 2.67. The molecule has 0 aromatic carbocycles. The van der Waals surface area contributed by atoms with Gasteiger partial charge in [0, 0.05) is 0 Å². The zero-order valence-electron chi connectivity index (χ0n) is 14.6. The summed E-state index contributed by atoms with van der Waals surface area (Å²) in [5, 5.41) is 0.287. The highest BCUT2D eigenvalue weighted by Crippen LogP contribution is 2.36. The van der Waals surface area contributed by atoms with E-state index in [4.69, 9.17) is 4.43 Å². The minimum Gasteiger partial charge on any atom is -0.413 e. The van der Waals surface area contributed by atoms with Crippen molar-refractivity contribution < 1.29 is 4.43 Å². The fraction of sp³-hybridized carbons (Fsp3) is 0.765. The van der Waals surface area contributed by atoms with Crippen molar-refractivity contribution in [1.29, 1.82) is 0 Å². The standard InChI is InChI=1S/C17H34OSi/c1-10-14(2)11-15(3)12-16(4)13-18-19(8,9)17(5,6)7/h11-12,14H,10,13H2,1-9H3/b15-11-,16-12+. The Kier molecular flexibility index (Phi) is 7.31. The van der Waals surface area contributed by atoms with Gasteiger partial charge in [-0.25, -0.2) is 0 Å². The average molecular weight is 283 g/mol. The average Bonchev–Trinajstić information content (AvgIpc) is 2.24. The molecule has 0 fully saturated rings. The molecule has 2 heteroatoms. The maximum absolute atomic E-state index is 6.23. The van der Waals surface area contributed by atoms with Crippen LogP contribution in [-0.2, 0) is 4.43 Å². The zero-order valence-corrected chi connectivity index (χ0v) is 15.6. The van der Waals surface area contributed by atoms with Crippen LogP contribution in [0, 0.1) is 5.92 Å². The molecule has 0 aliphatic carbocycles. The monoisotopic (exact) mass is 282 g/mol. The predicted molar refractivity (Wildman–Crippen MR) is 90.1 cm³/mol. The fourth-order valence-corrected chi connectivity index (χ4v) is 2.58. The molecule has 0 bridgehead atoms. The Morgan fingerprint density at radius 3 is 2.16 bits per heavy atom. The van der Waals surface area contributed by atoms with Crippen molar-refractivity contribution in [2.45, 2.75) is 73.0 Å². The first-order chi connectivity index (χ1) is 8.49. The van der Waals surface area contributed by atoms with E-state index in [1.807, 2.05) is 0 Å². The Morgan fingerprint density at radius 2 is 1.74 bits per heavy atom. The van der Waals surface area contributed by atoms with Crippen LogP contribution in [-0.4, -0.2) is 14.9 Å². The van der Waals surface area contributed by atoms with E-state index in [0.29, 0.717) is 5.92 Å². The Bertz CT molecular complexity index is 332. The minimum absolute atomic E-state index is 0.287. The quantitative estimate of drug-likeness (QED) is 0.432. The Morgan fingerprint density at radius 1 is 1.21 bits per heavy atom. The number of hydrogen-bond donors (Lipinski definition) is 0. The van der Waals surface area contributed by atoms with Gasteiger partial charge in [-0.1, -0.05) is 58.8 Å². The number of allylic oxidation sites excluding steroid dienone is 3. The van der Waals surface area contributed by atoms with Gasteiger partial charge in [0.2, 0.25) is 0 Å². The van der Waals surface area contributed by atoms with Crippen LogP contribution in [0.25, 0.3) is 0 Å². The third kappa shape index (κ3) is 7.12. The van der Waals surface area contributed by atoms with Crippen LogP contribution in [0.15, 0.2) is 23.3 Å². The normalized spacial score (nSPS) is 16.7. The van der Waals surface area contributed by atoms with E-state index in [-0.39, 0.29) is 5.04 Å². The highest BCUT2D eigenvalue weighted by Gasteiger charge is 2.36. The summed E-state index contributed by atoms with van der Waals surface area (Å²) in [4.78, 5) is 0. The molecule has 0 aromatic rings. The van der Waals surface area contributed by atoms with Crippen molar-refractivity contribution in [3.05, 3.63) is 23.3 Å². The second-order valence-corrected chi connectivity index (χ2v) is 12.1. The van der Waals surface area contributed by atoms with Crippen LogP contribution in [0.3, 0.4) is 0 Å². The molecular formula is C17H34OSi. The molecule has 1 atom stereocenters. The molecule has 1 unspecified atom stereocenters. The molecule has 0 saturated carbocycles. The molecule has 0 rings (SSSR count). The molecule has 1 nitrogen and oxygen atoms in total. The van der Waals surface area contributed by atoms with Gasteiger partial charge in [-0.05, 0) is 43.5 Å². The molecule has 0 N–H and O–H groups in total. The first-order valence-corrected chi connectivity index (χ1v) is 10.4. The summed E-state index contributed by atoms with van der Waals surface area (Å²) >= 11 is 0. The topological polar surface area (TPSA) is 9.23 Å². The molecule has 0 radical (unpaired) electrons. The summed E-state index contributed by atoms with van der Waals surface area (Å²) < 4.78 is 6.23. The van der Waals surface area contributed by atoms with E-state index >= 15 is 0 Å². The van der Waals surface area contributed by atoms with Crippen molar-refractivity contribution >= 4 is 8.32 Å². The lowest BCUT2D eigenvalue weighted by atomic mass is 10.0.